The number of nitrogens with one attached hydrogen (secondary N) is 1. The number of nitrogens with zero attached hydrogens (tertiary/aromatic N) is 1. The van der Waals surface area contributed by atoms with Gasteiger partial charge in [0.2, 0.25) is 12.2 Å². The Morgan fingerprint density at radius 3 is 2.87 bits per heavy atom. The van der Waals surface area contributed by atoms with Gasteiger partial charge in [0.05, 0.1) is 23.9 Å². The van der Waals surface area contributed by atoms with Crippen molar-refractivity contribution in [1.82, 2.24) is 4.98 Å². The van der Waals surface area contributed by atoms with Crippen LogP contribution in [0.15, 0.2) is 18.2 Å². The number of methoxy groups -OCH3 is 1. The van der Waals surface area contributed by atoms with Crippen LogP contribution in [0.3, 0.4) is 0 Å². The summed E-state index contributed by atoms with van der Waals surface area (Å²) in [7, 11) is 1.41. The number of hydrogen-bond acceptors (Lipinski definition) is 9. The summed E-state index contributed by atoms with van der Waals surface area (Å²) in [5.41, 5.74) is 0.694. The lowest BCUT2D eigenvalue weighted by Crippen LogP contribution is -2.54. The molecule has 0 bridgehead atoms. The Labute approximate surface area is 135 Å². The van der Waals surface area contributed by atoms with Crippen LogP contribution in [0.5, 0.6) is 5.75 Å². The molecule has 4 N–H and O–H groups in total. The molecule has 0 saturated carbocycles. The first-order chi connectivity index (χ1) is 11.0. The van der Waals surface area contributed by atoms with Gasteiger partial charge in [0.15, 0.2) is 5.01 Å². The number of rotatable bonds is 3. The zero-order valence-corrected chi connectivity index (χ0v) is 13.0. The van der Waals surface area contributed by atoms with Crippen molar-refractivity contribution in [2.45, 2.75) is 24.6 Å². The highest BCUT2D eigenvalue weighted by Gasteiger charge is 2.39. The molecule has 2 unspecified atom stereocenters. The third kappa shape index (κ3) is 3.14. The van der Waals surface area contributed by atoms with E-state index in [0.29, 0.717) is 16.3 Å². The molecule has 1 aromatic heterocycles. The first kappa shape index (κ1) is 16.1. The van der Waals surface area contributed by atoms with Gasteiger partial charge in [0, 0.05) is 0 Å². The molecule has 8 nitrogen and oxygen atoms in total. The van der Waals surface area contributed by atoms with E-state index >= 15 is 0 Å². The van der Waals surface area contributed by atoms with E-state index in [4.69, 9.17) is 19.6 Å². The fourth-order valence-corrected chi connectivity index (χ4v) is 3.10. The maximum Gasteiger partial charge on any atom is 0.242 e. The maximum atomic E-state index is 9.88. The van der Waals surface area contributed by atoms with Crippen molar-refractivity contribution in [2.24, 2.45) is 0 Å². The summed E-state index contributed by atoms with van der Waals surface area (Å²) >= 11 is 1.27. The van der Waals surface area contributed by atoms with Gasteiger partial charge in [0.1, 0.15) is 24.1 Å². The number of aromatic nitrogens is 1. The predicted molar refractivity (Wildman–Crippen MR) is 81.8 cm³/mol. The average molecular weight is 340 g/mol. The Bertz CT molecular complexity index is 720. The van der Waals surface area contributed by atoms with Crippen molar-refractivity contribution in [1.29, 1.82) is 5.41 Å². The van der Waals surface area contributed by atoms with Gasteiger partial charge in [-0.25, -0.2) is 4.98 Å². The van der Waals surface area contributed by atoms with Gasteiger partial charge in [-0.1, -0.05) is 0 Å². The van der Waals surface area contributed by atoms with Gasteiger partial charge < -0.3 is 29.5 Å². The number of fused-ring (bicyclic) bond motifs is 1. The fraction of sp³-hybridized carbons (Fsp3) is 0.429. The fourth-order valence-electron chi connectivity index (χ4n) is 2.18. The largest absolute Gasteiger partial charge is 0.479 e. The highest BCUT2D eigenvalue weighted by Crippen LogP contribution is 2.28. The summed E-state index contributed by atoms with van der Waals surface area (Å²) in [6.45, 7) is -0.124. The Kier molecular flexibility index (Phi) is 4.46. The summed E-state index contributed by atoms with van der Waals surface area (Å²) in [5, 5.41) is 37.0. The van der Waals surface area contributed by atoms with Crippen LogP contribution in [-0.2, 0) is 9.47 Å². The SMILES string of the molecule is COC(=N)c1nc2ccc(O[C@@H]3OC[C@@H](O)C(O)C3O)cc2s1. The minimum absolute atomic E-state index is 0.0168. The summed E-state index contributed by atoms with van der Waals surface area (Å²) in [6, 6.07) is 5.07. The lowest BCUT2D eigenvalue weighted by atomic mass is 10.1. The van der Waals surface area contributed by atoms with Crippen LogP contribution >= 0.6 is 11.3 Å². The Morgan fingerprint density at radius 1 is 1.35 bits per heavy atom. The molecule has 2 heterocycles. The van der Waals surface area contributed by atoms with E-state index in [9.17, 15) is 15.3 Å². The van der Waals surface area contributed by atoms with Crippen LogP contribution in [0.1, 0.15) is 5.01 Å². The molecule has 23 heavy (non-hydrogen) atoms. The minimum atomic E-state index is -1.35. The monoisotopic (exact) mass is 340 g/mol. The number of ether oxygens (including phenoxy) is 3. The van der Waals surface area contributed by atoms with Gasteiger partial charge in [-0.05, 0) is 18.2 Å². The lowest BCUT2D eigenvalue weighted by molar-refractivity contribution is -0.242. The zero-order valence-electron chi connectivity index (χ0n) is 12.2. The smallest absolute Gasteiger partial charge is 0.242 e. The second-order valence-corrected chi connectivity index (χ2v) is 6.08. The van der Waals surface area contributed by atoms with Crippen molar-refractivity contribution >= 4 is 27.5 Å². The molecule has 1 saturated heterocycles. The number of hydrogen-bond donors (Lipinski definition) is 4. The topological polar surface area (TPSA) is 125 Å². The molecule has 0 spiro atoms. The molecular formula is C14H16N2O6S. The predicted octanol–water partition coefficient (Wildman–Crippen LogP) is 0.0859. The van der Waals surface area contributed by atoms with E-state index in [1.165, 1.54) is 18.4 Å². The molecule has 9 heteroatoms. The Morgan fingerprint density at radius 2 is 2.13 bits per heavy atom. The Balaban J connectivity index is 1.79. The minimum Gasteiger partial charge on any atom is -0.479 e. The standard InChI is InChI=1S/C14H16N2O6S/c1-20-12(15)13-16-7-3-2-6(4-9(7)23-13)22-14-11(19)10(18)8(17)5-21-14/h2-4,8,10-11,14-15,17-19H,5H2,1H3/t8-,10?,11?,14+/m1/s1. The van der Waals surface area contributed by atoms with Crippen LogP contribution in [0.2, 0.25) is 0 Å². The summed E-state index contributed by atoms with van der Waals surface area (Å²) in [5.74, 6) is 0.404. The summed E-state index contributed by atoms with van der Waals surface area (Å²) < 4.78 is 16.4. The molecule has 2 aromatic rings. The number of thiazole rings is 1. The molecule has 0 amide bonds. The van der Waals surface area contributed by atoms with Crippen LogP contribution in [0.25, 0.3) is 10.2 Å². The first-order valence-corrected chi connectivity index (χ1v) is 7.67. The van der Waals surface area contributed by atoms with Gasteiger partial charge in [0.25, 0.3) is 0 Å². The van der Waals surface area contributed by atoms with Crippen molar-refractivity contribution in [2.75, 3.05) is 13.7 Å². The highest BCUT2D eigenvalue weighted by atomic mass is 32.1. The lowest BCUT2D eigenvalue weighted by Gasteiger charge is -2.34. The van der Waals surface area contributed by atoms with E-state index < -0.39 is 24.6 Å². The molecular weight excluding hydrogens is 324 g/mol. The Hall–Kier alpha value is -1.78. The van der Waals surface area contributed by atoms with Crippen LogP contribution in [0.4, 0.5) is 0 Å². The van der Waals surface area contributed by atoms with Crippen LogP contribution in [0, 0.1) is 5.41 Å². The van der Waals surface area contributed by atoms with Crippen molar-refractivity contribution in [3.8, 4) is 5.75 Å². The second-order valence-electron chi connectivity index (χ2n) is 5.05. The molecule has 1 aliphatic rings. The molecule has 1 fully saturated rings. The summed E-state index contributed by atoms with van der Waals surface area (Å²) in [6.07, 6.45) is -4.89. The van der Waals surface area contributed by atoms with Gasteiger partial charge >= 0.3 is 0 Å². The van der Waals surface area contributed by atoms with E-state index in [1.54, 1.807) is 18.2 Å². The van der Waals surface area contributed by atoms with E-state index in [2.05, 4.69) is 4.98 Å². The maximum absolute atomic E-state index is 9.88. The molecule has 1 aromatic carbocycles. The second kappa shape index (κ2) is 6.38. The molecule has 0 aliphatic carbocycles. The average Bonchev–Trinajstić information content (AvgIpc) is 2.98. The zero-order chi connectivity index (χ0) is 16.6. The molecule has 0 radical (unpaired) electrons. The van der Waals surface area contributed by atoms with E-state index in [-0.39, 0.29) is 12.5 Å². The van der Waals surface area contributed by atoms with Gasteiger partial charge in [-0.2, -0.15) is 0 Å². The quantitative estimate of drug-likeness (QED) is 0.461. The van der Waals surface area contributed by atoms with Gasteiger partial charge in [-0.3, -0.25) is 5.41 Å². The van der Waals surface area contributed by atoms with Crippen LogP contribution < -0.4 is 4.74 Å². The number of aliphatic hydroxyl groups excluding tert-OH is 3. The molecule has 4 atom stereocenters. The highest BCUT2D eigenvalue weighted by molar-refractivity contribution is 7.20. The molecule has 3 rings (SSSR count). The number of benzene rings is 1. The molecule has 124 valence electrons. The number of aliphatic hydroxyl groups is 3. The first-order valence-electron chi connectivity index (χ1n) is 6.85. The molecule has 1 aliphatic heterocycles. The normalized spacial score (nSPS) is 27.8. The third-order valence-corrected chi connectivity index (χ3v) is 4.48. The van der Waals surface area contributed by atoms with Crippen molar-refractivity contribution < 1.29 is 29.5 Å². The van der Waals surface area contributed by atoms with Crippen LogP contribution in [-0.4, -0.2) is 64.5 Å². The van der Waals surface area contributed by atoms with E-state index in [1.807, 2.05) is 0 Å². The van der Waals surface area contributed by atoms with Crippen molar-refractivity contribution in [3.63, 3.8) is 0 Å². The third-order valence-electron chi connectivity index (χ3n) is 3.46. The van der Waals surface area contributed by atoms with Crippen molar-refractivity contribution in [3.05, 3.63) is 23.2 Å². The van der Waals surface area contributed by atoms with Gasteiger partial charge in [-0.15, -0.1) is 11.3 Å². The van der Waals surface area contributed by atoms with E-state index in [0.717, 1.165) is 4.70 Å². The summed E-state index contributed by atoms with van der Waals surface area (Å²) in [4.78, 5) is 4.27.